The number of hydrogen-bond acceptors (Lipinski definition) is 2. The highest BCUT2D eigenvalue weighted by Gasteiger charge is 2.19. The van der Waals surface area contributed by atoms with Crippen LogP contribution in [0.25, 0.3) is 99.1 Å². The quantitative estimate of drug-likeness (QED) is 0.152. The summed E-state index contributed by atoms with van der Waals surface area (Å²) in [6, 6.07) is 89.7. The van der Waals surface area contributed by atoms with E-state index in [2.05, 4.69) is 241 Å². The van der Waals surface area contributed by atoms with Crippen molar-refractivity contribution in [3.05, 3.63) is 249 Å². The molecule has 1 aromatic heterocycles. The molecule has 300 valence electrons. The first-order valence-corrected chi connectivity index (χ1v) is 21.9. The third-order valence-electron chi connectivity index (χ3n) is 12.7. The Morgan fingerprint density at radius 2 is 0.797 bits per heavy atom. The molecule has 2 heteroatoms. The lowest BCUT2D eigenvalue weighted by Gasteiger charge is -2.28. The molecule has 0 aliphatic carbocycles. The van der Waals surface area contributed by atoms with Crippen LogP contribution < -0.4 is 4.90 Å². The number of rotatable bonds is 8. The topological polar surface area (TPSA) is 16.4 Å². The van der Waals surface area contributed by atoms with Gasteiger partial charge in [-0.05, 0) is 126 Å². The number of nitrogens with zero attached hydrogens (tertiary/aromatic N) is 1. The zero-order valence-corrected chi connectivity index (χ0v) is 35.0. The summed E-state index contributed by atoms with van der Waals surface area (Å²) in [5.41, 5.74) is 14.7. The van der Waals surface area contributed by atoms with Crippen LogP contribution in [0.2, 0.25) is 0 Å². The Morgan fingerprint density at radius 1 is 0.266 bits per heavy atom. The van der Waals surface area contributed by atoms with Crippen molar-refractivity contribution in [1.82, 2.24) is 0 Å². The maximum atomic E-state index is 6.30. The fourth-order valence-corrected chi connectivity index (χ4v) is 9.42. The van der Waals surface area contributed by atoms with E-state index in [0.717, 1.165) is 44.9 Å². The predicted molar refractivity (Wildman–Crippen MR) is 271 cm³/mol. The second-order valence-corrected chi connectivity index (χ2v) is 16.5. The zero-order chi connectivity index (χ0) is 42.4. The minimum absolute atomic E-state index is 0.867. The highest BCUT2D eigenvalue weighted by Crippen LogP contribution is 2.44. The number of furan rings is 1. The van der Waals surface area contributed by atoms with Crippen LogP contribution in [0, 0.1) is 0 Å². The van der Waals surface area contributed by atoms with E-state index in [9.17, 15) is 0 Å². The number of anilines is 3. The lowest BCUT2D eigenvalue weighted by molar-refractivity contribution is 0.631. The monoisotopic (exact) mass is 815 g/mol. The Morgan fingerprint density at radius 3 is 1.55 bits per heavy atom. The lowest BCUT2D eigenvalue weighted by atomic mass is 9.94. The van der Waals surface area contributed by atoms with Gasteiger partial charge in [0.1, 0.15) is 11.3 Å². The van der Waals surface area contributed by atoms with Gasteiger partial charge >= 0.3 is 0 Å². The zero-order valence-electron chi connectivity index (χ0n) is 35.0. The summed E-state index contributed by atoms with van der Waals surface area (Å²) in [5, 5.41) is 8.46. The molecule has 0 fully saturated rings. The van der Waals surface area contributed by atoms with Gasteiger partial charge in [0.15, 0.2) is 0 Å². The molecule has 0 atom stereocenters. The van der Waals surface area contributed by atoms with E-state index in [0.29, 0.717) is 0 Å². The van der Waals surface area contributed by atoms with Gasteiger partial charge in [0.2, 0.25) is 0 Å². The highest BCUT2D eigenvalue weighted by molar-refractivity contribution is 6.07. The van der Waals surface area contributed by atoms with Crippen molar-refractivity contribution in [2.24, 2.45) is 0 Å². The molecule has 12 rings (SSSR count). The molecule has 0 aliphatic rings. The molecule has 0 bridgehead atoms. The van der Waals surface area contributed by atoms with E-state index in [-0.39, 0.29) is 0 Å². The van der Waals surface area contributed by atoms with E-state index >= 15 is 0 Å². The first kappa shape index (κ1) is 37.3. The Bertz CT molecular complexity index is 3620. The van der Waals surface area contributed by atoms with Gasteiger partial charge in [-0.25, -0.2) is 0 Å². The third kappa shape index (κ3) is 6.79. The van der Waals surface area contributed by atoms with Crippen molar-refractivity contribution >= 4 is 60.3 Å². The molecule has 0 aliphatic heterocycles. The molecule has 0 saturated carbocycles. The van der Waals surface area contributed by atoms with Crippen molar-refractivity contribution in [2.75, 3.05) is 4.90 Å². The van der Waals surface area contributed by atoms with Gasteiger partial charge in [0.25, 0.3) is 0 Å². The van der Waals surface area contributed by atoms with Gasteiger partial charge in [-0.2, -0.15) is 0 Å². The Balaban J connectivity index is 0.937. The van der Waals surface area contributed by atoms with Crippen molar-refractivity contribution < 1.29 is 4.42 Å². The molecule has 0 N–H and O–H groups in total. The largest absolute Gasteiger partial charge is 0.456 e. The van der Waals surface area contributed by atoms with Gasteiger partial charge in [0.05, 0.1) is 5.69 Å². The maximum Gasteiger partial charge on any atom is 0.135 e. The van der Waals surface area contributed by atoms with Crippen molar-refractivity contribution in [3.8, 4) is 55.8 Å². The molecular formula is C62H41NO. The van der Waals surface area contributed by atoms with Gasteiger partial charge in [0, 0.05) is 27.7 Å². The van der Waals surface area contributed by atoms with Gasteiger partial charge in [-0.15, -0.1) is 0 Å². The molecule has 1 heterocycles. The molecule has 0 spiro atoms. The molecule has 0 saturated heterocycles. The van der Waals surface area contributed by atoms with E-state index in [1.165, 1.54) is 71.3 Å². The number of hydrogen-bond donors (Lipinski definition) is 0. The fourth-order valence-electron chi connectivity index (χ4n) is 9.42. The molecule has 2 nitrogen and oxygen atoms in total. The Kier molecular flexibility index (Phi) is 9.20. The summed E-state index contributed by atoms with van der Waals surface area (Å²) in [6.45, 7) is 0. The number of para-hydroxylation sites is 1. The minimum Gasteiger partial charge on any atom is -0.456 e. The number of fused-ring (bicyclic) bond motifs is 4. The van der Waals surface area contributed by atoms with Crippen LogP contribution in [0.1, 0.15) is 0 Å². The van der Waals surface area contributed by atoms with Gasteiger partial charge < -0.3 is 9.32 Å². The average Bonchev–Trinajstić information content (AvgIpc) is 3.82. The summed E-state index contributed by atoms with van der Waals surface area (Å²) in [4.78, 5) is 2.40. The van der Waals surface area contributed by atoms with Crippen LogP contribution in [0.4, 0.5) is 17.1 Å². The molecule has 64 heavy (non-hydrogen) atoms. The molecule has 0 amide bonds. The van der Waals surface area contributed by atoms with Gasteiger partial charge in [-0.3, -0.25) is 0 Å². The van der Waals surface area contributed by atoms with Crippen LogP contribution in [-0.4, -0.2) is 0 Å². The van der Waals surface area contributed by atoms with E-state index < -0.39 is 0 Å². The SMILES string of the molecule is c1cc(-c2cc3ccccc3o2)cc(-c2ccc(N(c3ccc(-c4ccc(-c5cccc6ccccc56)cc4)cc3)c3ccc(-c4ccc5ccccc5c4)cc3)c3ccccc23)c1. The summed E-state index contributed by atoms with van der Waals surface area (Å²) in [5.74, 6) is 0.867. The predicted octanol–water partition coefficient (Wildman–Crippen LogP) is 17.7. The summed E-state index contributed by atoms with van der Waals surface area (Å²) < 4.78 is 6.30. The normalized spacial score (nSPS) is 11.4. The molecule has 0 radical (unpaired) electrons. The van der Waals surface area contributed by atoms with Crippen LogP contribution >= 0.6 is 0 Å². The van der Waals surface area contributed by atoms with Crippen LogP contribution in [0.5, 0.6) is 0 Å². The summed E-state index contributed by atoms with van der Waals surface area (Å²) in [6.07, 6.45) is 0. The lowest BCUT2D eigenvalue weighted by Crippen LogP contribution is -2.10. The number of benzene rings is 11. The first-order chi connectivity index (χ1) is 31.7. The van der Waals surface area contributed by atoms with E-state index in [4.69, 9.17) is 4.42 Å². The minimum atomic E-state index is 0.867. The highest BCUT2D eigenvalue weighted by atomic mass is 16.3. The van der Waals surface area contributed by atoms with Gasteiger partial charge in [-0.1, -0.05) is 194 Å². The molecule has 0 unspecified atom stereocenters. The average molecular weight is 816 g/mol. The first-order valence-electron chi connectivity index (χ1n) is 21.9. The molecule has 12 aromatic rings. The molecular weight excluding hydrogens is 775 g/mol. The van der Waals surface area contributed by atoms with Crippen LogP contribution in [-0.2, 0) is 0 Å². The summed E-state index contributed by atoms with van der Waals surface area (Å²) >= 11 is 0. The Hall–Kier alpha value is -8.46. The van der Waals surface area contributed by atoms with Crippen LogP contribution in [0.3, 0.4) is 0 Å². The smallest absolute Gasteiger partial charge is 0.135 e. The molecule has 11 aromatic carbocycles. The standard InChI is InChI=1S/C62H41NO/c1-2-13-48-39-49(28-25-42(48)11-1)45-31-35-54(36-32-45)63(53-33-29-44(30-34-53)43-23-26-47(27-24-43)56-21-10-15-46-12-3-5-18-55(46)56)60-38-37-57(58-19-6-7-20-59(58)60)50-16-9-17-51(40-50)62-41-52-14-4-8-22-61(52)64-62/h1-41H. The van der Waals surface area contributed by atoms with Crippen molar-refractivity contribution in [3.63, 3.8) is 0 Å². The van der Waals surface area contributed by atoms with Crippen molar-refractivity contribution in [2.45, 2.75) is 0 Å². The van der Waals surface area contributed by atoms with Crippen molar-refractivity contribution in [1.29, 1.82) is 0 Å². The fraction of sp³-hybridized carbons (Fsp3) is 0. The third-order valence-corrected chi connectivity index (χ3v) is 12.7. The maximum absolute atomic E-state index is 6.30. The Labute approximate surface area is 372 Å². The second kappa shape index (κ2) is 15.8. The van der Waals surface area contributed by atoms with Crippen LogP contribution in [0.15, 0.2) is 253 Å². The van der Waals surface area contributed by atoms with E-state index in [1.54, 1.807) is 0 Å². The summed E-state index contributed by atoms with van der Waals surface area (Å²) in [7, 11) is 0. The second-order valence-electron chi connectivity index (χ2n) is 16.5. The van der Waals surface area contributed by atoms with E-state index in [1.807, 2.05) is 12.1 Å².